The van der Waals surface area contributed by atoms with Crippen molar-refractivity contribution in [2.45, 2.75) is 31.0 Å². The predicted octanol–water partition coefficient (Wildman–Crippen LogP) is 0.138. The summed E-state index contributed by atoms with van der Waals surface area (Å²) < 4.78 is 5.03. The molecule has 0 aliphatic rings. The smallest absolute Gasteiger partial charge is 0.342 e. The van der Waals surface area contributed by atoms with E-state index in [1.807, 2.05) is 18.8 Å². The molecule has 0 saturated carbocycles. The maximum Gasteiger partial charge on any atom is 0.342 e. The van der Waals surface area contributed by atoms with Gasteiger partial charge < -0.3 is 4.74 Å². The first-order valence-corrected chi connectivity index (χ1v) is 6.30. The molecule has 0 fully saturated rings. The van der Waals surface area contributed by atoms with Gasteiger partial charge in [-0.15, -0.1) is 0 Å². The average molecular weight is 273 g/mol. The number of esters is 1. The lowest BCUT2D eigenvalue weighted by Crippen LogP contribution is -2.27. The van der Waals surface area contributed by atoms with Gasteiger partial charge in [0.1, 0.15) is 5.25 Å². The number of hydrogen-bond acceptors (Lipinski definition) is 6. The Balaban J connectivity index is 2.64. The summed E-state index contributed by atoms with van der Waals surface area (Å²) >= 11 is 0.939. The third-order valence-electron chi connectivity index (χ3n) is 1.86. The number of ether oxygens (including phenoxy) is 1. The van der Waals surface area contributed by atoms with Crippen molar-refractivity contribution in [1.29, 1.82) is 0 Å². The molecule has 1 heterocycles. The summed E-state index contributed by atoms with van der Waals surface area (Å²) in [6.45, 7) is 5.80. The number of H-pyrrole nitrogens is 2. The minimum atomic E-state index is -0.681. The molecule has 7 nitrogen and oxygen atoms in total. The molecular weight excluding hydrogens is 258 g/mol. The number of rotatable bonds is 5. The van der Waals surface area contributed by atoms with E-state index in [2.05, 4.69) is 10.2 Å². The first kappa shape index (κ1) is 14.5. The maximum absolute atomic E-state index is 11.6. The van der Waals surface area contributed by atoms with Crippen LogP contribution in [0.4, 0.5) is 0 Å². The number of aromatic amines is 2. The molecule has 1 aromatic heterocycles. The molecule has 0 radical (unpaired) electrons. The van der Waals surface area contributed by atoms with E-state index in [0.29, 0.717) is 6.61 Å². The van der Waals surface area contributed by atoms with Crippen LogP contribution < -0.4 is 11.2 Å². The Hall–Kier alpha value is -1.57. The molecule has 18 heavy (non-hydrogen) atoms. The van der Waals surface area contributed by atoms with E-state index in [-0.39, 0.29) is 10.9 Å². The SMILES string of the molecule is CC(C)COC(=O)[C@H](C)Sc1n[nH]c(=O)[nH]c1=O. The molecule has 8 heteroatoms. The van der Waals surface area contributed by atoms with E-state index in [1.165, 1.54) is 0 Å². The van der Waals surface area contributed by atoms with Crippen LogP contribution in [0.5, 0.6) is 0 Å². The van der Waals surface area contributed by atoms with Crippen molar-refractivity contribution in [1.82, 2.24) is 15.2 Å². The lowest BCUT2D eigenvalue weighted by molar-refractivity contribution is -0.143. The quantitative estimate of drug-likeness (QED) is 0.584. The van der Waals surface area contributed by atoms with Crippen LogP contribution >= 0.6 is 11.8 Å². The molecule has 0 aliphatic carbocycles. The molecule has 0 aromatic carbocycles. The van der Waals surface area contributed by atoms with Crippen molar-refractivity contribution >= 4 is 17.7 Å². The second kappa shape index (κ2) is 6.39. The number of carbonyl (C=O) groups excluding carboxylic acids is 1. The van der Waals surface area contributed by atoms with E-state index in [1.54, 1.807) is 6.92 Å². The summed E-state index contributed by atoms with van der Waals surface area (Å²) in [6.07, 6.45) is 0. The number of carbonyl (C=O) groups is 1. The summed E-state index contributed by atoms with van der Waals surface area (Å²) in [7, 11) is 0. The lowest BCUT2D eigenvalue weighted by atomic mass is 10.2. The van der Waals surface area contributed by atoms with E-state index in [4.69, 9.17) is 4.74 Å². The number of aromatic nitrogens is 3. The van der Waals surface area contributed by atoms with Gasteiger partial charge in [0.25, 0.3) is 5.56 Å². The minimum absolute atomic E-state index is 0.0311. The van der Waals surface area contributed by atoms with Crippen LogP contribution in [-0.4, -0.2) is 33.0 Å². The van der Waals surface area contributed by atoms with Gasteiger partial charge in [-0.25, -0.2) is 9.89 Å². The van der Waals surface area contributed by atoms with Crippen LogP contribution in [0.1, 0.15) is 20.8 Å². The Morgan fingerprint density at radius 3 is 2.61 bits per heavy atom. The summed E-state index contributed by atoms with van der Waals surface area (Å²) in [5.74, 6) is -0.165. The molecule has 0 unspecified atom stereocenters. The minimum Gasteiger partial charge on any atom is -0.465 e. The van der Waals surface area contributed by atoms with E-state index in [9.17, 15) is 14.4 Å². The highest BCUT2D eigenvalue weighted by atomic mass is 32.2. The zero-order chi connectivity index (χ0) is 13.7. The van der Waals surface area contributed by atoms with Gasteiger partial charge >= 0.3 is 11.7 Å². The maximum atomic E-state index is 11.6. The highest BCUT2D eigenvalue weighted by Crippen LogP contribution is 2.17. The van der Waals surface area contributed by atoms with E-state index >= 15 is 0 Å². The second-order valence-electron chi connectivity index (χ2n) is 4.10. The number of nitrogens with one attached hydrogen (secondary N) is 2. The highest BCUT2D eigenvalue weighted by Gasteiger charge is 2.19. The Kier molecular flexibility index (Phi) is 5.14. The van der Waals surface area contributed by atoms with Crippen LogP contribution in [0.15, 0.2) is 14.6 Å². The molecule has 100 valence electrons. The highest BCUT2D eigenvalue weighted by molar-refractivity contribution is 8.00. The molecule has 1 atom stereocenters. The topological polar surface area (TPSA) is 105 Å². The fourth-order valence-corrected chi connectivity index (χ4v) is 1.75. The van der Waals surface area contributed by atoms with Crippen LogP contribution in [0, 0.1) is 5.92 Å². The van der Waals surface area contributed by atoms with E-state index < -0.39 is 22.5 Å². The van der Waals surface area contributed by atoms with Gasteiger partial charge in [-0.05, 0) is 12.8 Å². The van der Waals surface area contributed by atoms with E-state index in [0.717, 1.165) is 11.8 Å². The van der Waals surface area contributed by atoms with Crippen LogP contribution in [0.25, 0.3) is 0 Å². The van der Waals surface area contributed by atoms with Gasteiger partial charge in [-0.3, -0.25) is 14.6 Å². The van der Waals surface area contributed by atoms with Crippen molar-refractivity contribution in [3.8, 4) is 0 Å². The molecule has 1 aromatic rings. The largest absolute Gasteiger partial charge is 0.465 e. The van der Waals surface area contributed by atoms with Crippen LogP contribution in [-0.2, 0) is 9.53 Å². The monoisotopic (exact) mass is 273 g/mol. The third-order valence-corrected chi connectivity index (χ3v) is 2.91. The van der Waals surface area contributed by atoms with Crippen molar-refractivity contribution in [3.63, 3.8) is 0 Å². The predicted molar refractivity (Wildman–Crippen MR) is 66.6 cm³/mol. The fourth-order valence-electron chi connectivity index (χ4n) is 0.998. The molecule has 0 amide bonds. The molecule has 0 saturated heterocycles. The number of thioether (sulfide) groups is 1. The summed E-state index contributed by atoms with van der Waals surface area (Å²) in [4.78, 5) is 35.7. The molecule has 2 N–H and O–H groups in total. The molecule has 0 aliphatic heterocycles. The molecule has 0 bridgehead atoms. The second-order valence-corrected chi connectivity index (χ2v) is 5.43. The Morgan fingerprint density at radius 2 is 2.06 bits per heavy atom. The van der Waals surface area contributed by atoms with Crippen molar-refractivity contribution in [2.24, 2.45) is 5.92 Å². The van der Waals surface area contributed by atoms with Gasteiger partial charge in [0.2, 0.25) is 0 Å². The molecule has 1 rings (SSSR count). The standard InChI is InChI=1S/C10H15N3O4S/c1-5(2)4-17-9(15)6(3)18-8-7(14)11-10(16)13-12-8/h5-6H,4H2,1-3H3,(H2,11,13,14,16)/t6-/m0/s1. The normalized spacial score (nSPS) is 12.4. The summed E-state index contributed by atoms with van der Waals surface area (Å²) in [5.41, 5.74) is -1.30. The molecule has 0 spiro atoms. The average Bonchev–Trinajstić information content (AvgIpc) is 2.29. The van der Waals surface area contributed by atoms with Crippen molar-refractivity contribution in [2.75, 3.05) is 6.61 Å². The first-order chi connectivity index (χ1) is 8.40. The van der Waals surface area contributed by atoms with Gasteiger partial charge in [-0.1, -0.05) is 25.6 Å². The summed E-state index contributed by atoms with van der Waals surface area (Å²) in [6, 6.07) is 0. The third kappa shape index (κ3) is 4.36. The first-order valence-electron chi connectivity index (χ1n) is 5.42. The van der Waals surface area contributed by atoms with Crippen molar-refractivity contribution < 1.29 is 9.53 Å². The zero-order valence-electron chi connectivity index (χ0n) is 10.4. The van der Waals surface area contributed by atoms with Gasteiger partial charge in [0.05, 0.1) is 6.61 Å². The zero-order valence-corrected chi connectivity index (χ0v) is 11.2. The number of nitrogens with zero attached hydrogens (tertiary/aromatic N) is 1. The lowest BCUT2D eigenvalue weighted by Gasteiger charge is -2.11. The van der Waals surface area contributed by atoms with Gasteiger partial charge in [0.15, 0.2) is 5.03 Å². The Morgan fingerprint density at radius 1 is 1.39 bits per heavy atom. The molecular formula is C10H15N3O4S. The Bertz CT molecular complexity index is 522. The fraction of sp³-hybridized carbons (Fsp3) is 0.600. The van der Waals surface area contributed by atoms with Gasteiger partial charge in [0, 0.05) is 0 Å². The van der Waals surface area contributed by atoms with Crippen LogP contribution in [0.3, 0.4) is 0 Å². The van der Waals surface area contributed by atoms with Crippen molar-refractivity contribution in [3.05, 3.63) is 20.8 Å². The Labute approximate surface area is 107 Å². The summed E-state index contributed by atoms with van der Waals surface area (Å²) in [5, 5.41) is 5.14. The number of hydrogen-bond donors (Lipinski definition) is 2. The van der Waals surface area contributed by atoms with Gasteiger partial charge in [-0.2, -0.15) is 5.10 Å². The van der Waals surface area contributed by atoms with Crippen LogP contribution in [0.2, 0.25) is 0 Å².